The van der Waals surface area contributed by atoms with Crippen molar-refractivity contribution < 1.29 is 9.66 Å². The van der Waals surface area contributed by atoms with E-state index in [0.717, 1.165) is 0 Å². The normalized spacial score (nSPS) is 10.6. The van der Waals surface area contributed by atoms with Gasteiger partial charge in [-0.3, -0.25) is 15.5 Å². The summed E-state index contributed by atoms with van der Waals surface area (Å²) in [5, 5.41) is 17.3. The number of nitro groups is 1. The zero-order chi connectivity index (χ0) is 13.7. The molecule has 1 aromatic carbocycles. The number of rotatable bonds is 5. The Balaban J connectivity index is 2.14. The lowest BCUT2D eigenvalue weighted by Crippen LogP contribution is -1.96. The zero-order valence-corrected chi connectivity index (χ0v) is 10.8. The average molecular weight is 278 g/mol. The molecule has 0 saturated heterocycles. The van der Waals surface area contributed by atoms with Gasteiger partial charge in [0.15, 0.2) is 5.75 Å². The van der Waals surface area contributed by atoms with Crippen molar-refractivity contribution in [2.75, 3.05) is 12.5 Å². The van der Waals surface area contributed by atoms with Crippen molar-refractivity contribution in [1.82, 2.24) is 4.98 Å². The highest BCUT2D eigenvalue weighted by Gasteiger charge is 2.14. The SMILES string of the molecule is COc1ccc(/C=N/Nc2nccs2)cc1[N+](=O)[O-]. The number of aromatic nitrogens is 1. The van der Waals surface area contributed by atoms with Crippen LogP contribution in [0.3, 0.4) is 0 Å². The standard InChI is InChI=1S/C11H10N4O3S/c1-18-10-3-2-8(6-9(10)15(16)17)7-13-14-11-12-4-5-19-11/h2-7H,1H3,(H,12,14)/b13-7+. The van der Waals surface area contributed by atoms with Crippen LogP contribution < -0.4 is 10.2 Å². The van der Waals surface area contributed by atoms with Gasteiger partial charge < -0.3 is 4.74 Å². The van der Waals surface area contributed by atoms with E-state index in [1.54, 1.807) is 12.3 Å². The van der Waals surface area contributed by atoms with Gasteiger partial charge in [-0.15, -0.1) is 11.3 Å². The molecule has 2 rings (SSSR count). The summed E-state index contributed by atoms with van der Waals surface area (Å²) in [4.78, 5) is 14.3. The third-order valence-electron chi connectivity index (χ3n) is 2.21. The fourth-order valence-corrected chi connectivity index (χ4v) is 1.85. The Hall–Kier alpha value is -2.48. The van der Waals surface area contributed by atoms with Crippen LogP contribution in [0.25, 0.3) is 0 Å². The minimum Gasteiger partial charge on any atom is -0.490 e. The minimum atomic E-state index is -0.496. The van der Waals surface area contributed by atoms with Crippen LogP contribution in [0.5, 0.6) is 5.75 Å². The molecular weight excluding hydrogens is 268 g/mol. The number of methoxy groups -OCH3 is 1. The fraction of sp³-hybridized carbons (Fsp3) is 0.0909. The van der Waals surface area contributed by atoms with Crippen molar-refractivity contribution in [1.29, 1.82) is 0 Å². The fourth-order valence-electron chi connectivity index (χ4n) is 1.37. The smallest absolute Gasteiger partial charge is 0.311 e. The molecule has 0 aliphatic rings. The molecule has 0 unspecified atom stereocenters. The lowest BCUT2D eigenvalue weighted by atomic mass is 10.2. The van der Waals surface area contributed by atoms with Crippen LogP contribution in [-0.2, 0) is 0 Å². The average Bonchev–Trinajstić information content (AvgIpc) is 2.91. The predicted octanol–water partition coefficient (Wildman–Crippen LogP) is 2.51. The topological polar surface area (TPSA) is 89.7 Å². The lowest BCUT2D eigenvalue weighted by Gasteiger charge is -2.01. The second-order valence-electron chi connectivity index (χ2n) is 3.40. The molecule has 0 atom stereocenters. The Morgan fingerprint density at radius 3 is 3.05 bits per heavy atom. The highest BCUT2D eigenvalue weighted by Crippen LogP contribution is 2.26. The number of benzene rings is 1. The molecular formula is C11H10N4O3S. The molecule has 0 aliphatic heterocycles. The van der Waals surface area contributed by atoms with Gasteiger partial charge in [0, 0.05) is 23.2 Å². The Morgan fingerprint density at radius 1 is 1.58 bits per heavy atom. The quantitative estimate of drug-likeness (QED) is 0.515. The molecule has 0 fully saturated rings. The molecule has 0 spiro atoms. The Bertz CT molecular complexity index is 598. The first-order valence-electron chi connectivity index (χ1n) is 5.21. The van der Waals surface area contributed by atoms with Gasteiger partial charge in [-0.1, -0.05) is 0 Å². The lowest BCUT2D eigenvalue weighted by molar-refractivity contribution is -0.385. The summed E-state index contributed by atoms with van der Waals surface area (Å²) in [7, 11) is 1.39. The van der Waals surface area contributed by atoms with E-state index in [4.69, 9.17) is 4.74 Å². The van der Waals surface area contributed by atoms with E-state index in [1.165, 1.54) is 36.8 Å². The van der Waals surface area contributed by atoms with Crippen LogP contribution in [0.2, 0.25) is 0 Å². The van der Waals surface area contributed by atoms with Crippen LogP contribution in [0.1, 0.15) is 5.56 Å². The summed E-state index contributed by atoms with van der Waals surface area (Å²) in [5.41, 5.74) is 3.22. The van der Waals surface area contributed by atoms with Crippen molar-refractivity contribution in [3.8, 4) is 5.75 Å². The molecule has 7 nitrogen and oxygen atoms in total. The first-order chi connectivity index (χ1) is 9.20. The van der Waals surface area contributed by atoms with E-state index in [9.17, 15) is 10.1 Å². The maximum atomic E-state index is 10.9. The van der Waals surface area contributed by atoms with Gasteiger partial charge in [0.25, 0.3) is 0 Å². The van der Waals surface area contributed by atoms with Gasteiger partial charge in [0.2, 0.25) is 5.13 Å². The Morgan fingerprint density at radius 2 is 2.42 bits per heavy atom. The van der Waals surface area contributed by atoms with Gasteiger partial charge in [0.1, 0.15) is 0 Å². The van der Waals surface area contributed by atoms with Crippen LogP contribution in [0.15, 0.2) is 34.9 Å². The number of nitrogens with zero attached hydrogens (tertiary/aromatic N) is 3. The molecule has 1 N–H and O–H groups in total. The number of nitro benzene ring substituents is 1. The summed E-state index contributed by atoms with van der Waals surface area (Å²) in [5.74, 6) is 0.218. The molecule has 1 aromatic heterocycles. The van der Waals surface area contributed by atoms with Crippen molar-refractivity contribution in [2.45, 2.75) is 0 Å². The molecule has 0 saturated carbocycles. The summed E-state index contributed by atoms with van der Waals surface area (Å²) in [6.45, 7) is 0. The Kier molecular flexibility index (Phi) is 4.04. The first-order valence-corrected chi connectivity index (χ1v) is 6.09. The number of hydrazone groups is 1. The van der Waals surface area contributed by atoms with E-state index in [1.807, 2.05) is 5.38 Å². The van der Waals surface area contributed by atoms with E-state index >= 15 is 0 Å². The van der Waals surface area contributed by atoms with Gasteiger partial charge in [-0.05, 0) is 12.1 Å². The van der Waals surface area contributed by atoms with Crippen LogP contribution >= 0.6 is 11.3 Å². The maximum absolute atomic E-state index is 10.9. The second-order valence-corrected chi connectivity index (χ2v) is 4.29. The third kappa shape index (κ3) is 3.26. The molecule has 2 aromatic rings. The molecule has 19 heavy (non-hydrogen) atoms. The molecule has 98 valence electrons. The van der Waals surface area contributed by atoms with Crippen LogP contribution in [0, 0.1) is 10.1 Å². The monoisotopic (exact) mass is 278 g/mol. The molecule has 8 heteroatoms. The van der Waals surface area contributed by atoms with E-state index in [2.05, 4.69) is 15.5 Å². The predicted molar refractivity (Wildman–Crippen MR) is 73.0 cm³/mol. The summed E-state index contributed by atoms with van der Waals surface area (Å²) in [6, 6.07) is 4.60. The first kappa shape index (κ1) is 13.0. The summed E-state index contributed by atoms with van der Waals surface area (Å²) < 4.78 is 4.91. The molecule has 1 heterocycles. The number of hydrogen-bond acceptors (Lipinski definition) is 7. The molecule has 0 aliphatic carbocycles. The summed E-state index contributed by atoms with van der Waals surface area (Å²) >= 11 is 1.41. The van der Waals surface area contributed by atoms with Crippen LogP contribution in [-0.4, -0.2) is 23.2 Å². The molecule has 0 amide bonds. The van der Waals surface area contributed by atoms with E-state index < -0.39 is 4.92 Å². The third-order valence-corrected chi connectivity index (χ3v) is 2.88. The van der Waals surface area contributed by atoms with Gasteiger partial charge >= 0.3 is 5.69 Å². The van der Waals surface area contributed by atoms with Gasteiger partial charge in [-0.25, -0.2) is 4.98 Å². The van der Waals surface area contributed by atoms with Crippen molar-refractivity contribution >= 4 is 28.4 Å². The largest absolute Gasteiger partial charge is 0.490 e. The zero-order valence-electron chi connectivity index (χ0n) is 9.94. The van der Waals surface area contributed by atoms with Crippen molar-refractivity contribution in [3.05, 3.63) is 45.5 Å². The number of nitrogens with one attached hydrogen (secondary N) is 1. The van der Waals surface area contributed by atoms with Gasteiger partial charge in [-0.2, -0.15) is 5.10 Å². The molecule has 0 radical (unpaired) electrons. The number of anilines is 1. The Labute approximate surface area is 112 Å². The van der Waals surface area contributed by atoms with E-state index in [-0.39, 0.29) is 11.4 Å². The van der Waals surface area contributed by atoms with Crippen molar-refractivity contribution in [3.63, 3.8) is 0 Å². The highest BCUT2D eigenvalue weighted by molar-refractivity contribution is 7.13. The highest BCUT2D eigenvalue weighted by atomic mass is 32.1. The number of hydrogen-bond donors (Lipinski definition) is 1. The molecule has 0 bridgehead atoms. The van der Waals surface area contributed by atoms with E-state index in [0.29, 0.717) is 10.7 Å². The number of thiazole rings is 1. The minimum absolute atomic E-state index is 0.0966. The van der Waals surface area contributed by atoms with Crippen molar-refractivity contribution in [2.24, 2.45) is 5.10 Å². The van der Waals surface area contributed by atoms with Gasteiger partial charge in [0.05, 0.1) is 18.2 Å². The van der Waals surface area contributed by atoms with Crippen LogP contribution in [0.4, 0.5) is 10.8 Å². The maximum Gasteiger partial charge on any atom is 0.311 e. The second kappa shape index (κ2) is 5.91. The summed E-state index contributed by atoms with van der Waals surface area (Å²) in [6.07, 6.45) is 3.13. The number of ether oxygens (including phenoxy) is 1.